The molecule has 0 aromatic heterocycles. The van der Waals surface area contributed by atoms with E-state index >= 15 is 0 Å². The molecule has 2 aromatic carbocycles. The lowest BCUT2D eigenvalue weighted by Gasteiger charge is -2.37. The number of nitro benzene ring substituents is 1. The lowest BCUT2D eigenvalue weighted by Crippen LogP contribution is -2.42. The van der Waals surface area contributed by atoms with Gasteiger partial charge in [-0.1, -0.05) is 42.5 Å². The number of ether oxygens (including phenoxy) is 2. The van der Waals surface area contributed by atoms with Crippen molar-refractivity contribution in [2.45, 2.75) is 0 Å². The van der Waals surface area contributed by atoms with Crippen LogP contribution in [0.25, 0.3) is 5.70 Å². The zero-order valence-electron chi connectivity index (χ0n) is 17.2. The zero-order chi connectivity index (χ0) is 21.6. The molecule has 2 aliphatic rings. The average Bonchev–Trinajstić information content (AvgIpc) is 2.84. The lowest BCUT2D eigenvalue weighted by atomic mass is 10.00. The van der Waals surface area contributed by atoms with Crippen LogP contribution in [0.5, 0.6) is 0 Å². The Hall–Kier alpha value is -3.23. The molecule has 2 heterocycles. The highest BCUT2D eigenvalue weighted by molar-refractivity contribution is 6.12. The van der Waals surface area contributed by atoms with Gasteiger partial charge in [-0.15, -0.1) is 0 Å². The first-order valence-corrected chi connectivity index (χ1v) is 10.4. The summed E-state index contributed by atoms with van der Waals surface area (Å²) in [5.74, 6) is -0.101. The van der Waals surface area contributed by atoms with Crippen LogP contribution in [-0.4, -0.2) is 73.1 Å². The monoisotopic (exact) mass is 423 g/mol. The van der Waals surface area contributed by atoms with Gasteiger partial charge in [0, 0.05) is 49.4 Å². The number of allylic oxidation sites excluding steroid dienone is 1. The number of hydrogen-bond donors (Lipinski definition) is 0. The van der Waals surface area contributed by atoms with Gasteiger partial charge in [0.2, 0.25) is 5.78 Å². The van der Waals surface area contributed by atoms with Gasteiger partial charge >= 0.3 is 0 Å². The van der Waals surface area contributed by atoms with Crippen molar-refractivity contribution in [2.24, 2.45) is 0 Å². The van der Waals surface area contributed by atoms with Crippen molar-refractivity contribution in [1.29, 1.82) is 0 Å². The molecular weight excluding hydrogens is 398 g/mol. The Morgan fingerprint density at radius 3 is 2.00 bits per heavy atom. The molecule has 2 aliphatic heterocycles. The van der Waals surface area contributed by atoms with Crippen LogP contribution in [0, 0.1) is 10.1 Å². The van der Waals surface area contributed by atoms with Crippen LogP contribution in [-0.2, 0) is 9.47 Å². The molecule has 0 bridgehead atoms. The van der Waals surface area contributed by atoms with Gasteiger partial charge in [0.25, 0.3) is 5.69 Å². The summed E-state index contributed by atoms with van der Waals surface area (Å²) in [6, 6.07) is 15.7. The van der Waals surface area contributed by atoms with Crippen LogP contribution in [0.4, 0.5) is 5.69 Å². The largest absolute Gasteiger partial charge is 0.378 e. The smallest absolute Gasteiger partial charge is 0.270 e. The zero-order valence-corrected chi connectivity index (χ0v) is 17.2. The van der Waals surface area contributed by atoms with E-state index < -0.39 is 4.92 Å². The van der Waals surface area contributed by atoms with Gasteiger partial charge in [-0.3, -0.25) is 14.9 Å². The number of hydrogen-bond acceptors (Lipinski definition) is 7. The molecule has 2 fully saturated rings. The number of Topliss-reactive ketones (excluding diaryl/α,β-unsaturated/α-hetero) is 1. The quantitative estimate of drug-likeness (QED) is 0.306. The molecule has 4 rings (SSSR count). The van der Waals surface area contributed by atoms with Crippen molar-refractivity contribution in [1.82, 2.24) is 9.80 Å². The second-order valence-electron chi connectivity index (χ2n) is 7.40. The minimum atomic E-state index is -0.409. The average molecular weight is 423 g/mol. The van der Waals surface area contributed by atoms with E-state index in [4.69, 9.17) is 9.47 Å². The third-order valence-electron chi connectivity index (χ3n) is 5.46. The summed E-state index contributed by atoms with van der Waals surface area (Å²) in [7, 11) is 0. The molecule has 0 saturated carbocycles. The van der Waals surface area contributed by atoms with Gasteiger partial charge < -0.3 is 19.3 Å². The number of ketones is 1. The van der Waals surface area contributed by atoms with Crippen LogP contribution >= 0.6 is 0 Å². The van der Waals surface area contributed by atoms with Gasteiger partial charge in [0.05, 0.1) is 37.0 Å². The molecular formula is C23H25N3O5. The fourth-order valence-electron chi connectivity index (χ4n) is 3.94. The van der Waals surface area contributed by atoms with Gasteiger partial charge in [-0.2, -0.15) is 0 Å². The van der Waals surface area contributed by atoms with Gasteiger partial charge in [0.1, 0.15) is 5.70 Å². The highest BCUT2D eigenvalue weighted by Gasteiger charge is 2.30. The summed E-state index contributed by atoms with van der Waals surface area (Å²) in [6.07, 6.45) is 0. The van der Waals surface area contributed by atoms with Crippen LogP contribution < -0.4 is 0 Å². The summed E-state index contributed by atoms with van der Waals surface area (Å²) in [5.41, 5.74) is 2.50. The molecule has 2 saturated heterocycles. The van der Waals surface area contributed by atoms with E-state index in [1.54, 1.807) is 24.3 Å². The molecule has 0 N–H and O–H groups in total. The summed E-state index contributed by atoms with van der Waals surface area (Å²) in [4.78, 5) is 29.0. The molecule has 0 spiro atoms. The van der Waals surface area contributed by atoms with Crippen LogP contribution in [0.3, 0.4) is 0 Å². The van der Waals surface area contributed by atoms with E-state index in [0.717, 1.165) is 0 Å². The topological polar surface area (TPSA) is 85.1 Å². The Bertz CT molecular complexity index is 964. The van der Waals surface area contributed by atoms with Crippen LogP contribution in [0.2, 0.25) is 0 Å². The molecule has 31 heavy (non-hydrogen) atoms. The van der Waals surface area contributed by atoms with Crippen LogP contribution in [0.15, 0.2) is 60.3 Å². The number of benzene rings is 2. The number of carbonyl (C=O) groups is 1. The maximum atomic E-state index is 13.8. The normalized spacial score (nSPS) is 17.8. The molecule has 0 atom stereocenters. The molecule has 2 aromatic rings. The first kappa shape index (κ1) is 21.0. The fraction of sp³-hybridized carbons (Fsp3) is 0.348. The van der Waals surface area contributed by atoms with Gasteiger partial charge in [-0.05, 0) is 0 Å². The molecule has 0 radical (unpaired) electrons. The molecule has 162 valence electrons. The number of morpholine rings is 2. The Balaban J connectivity index is 1.91. The maximum absolute atomic E-state index is 13.8. The van der Waals surface area contributed by atoms with E-state index in [-0.39, 0.29) is 11.5 Å². The van der Waals surface area contributed by atoms with Crippen molar-refractivity contribution in [3.8, 4) is 0 Å². The molecule has 0 unspecified atom stereocenters. The second kappa shape index (κ2) is 9.72. The number of nitro groups is 1. The minimum absolute atomic E-state index is 0.00301. The van der Waals surface area contributed by atoms with Crippen molar-refractivity contribution in [3.05, 3.63) is 81.5 Å². The lowest BCUT2D eigenvalue weighted by molar-refractivity contribution is -0.384. The summed E-state index contributed by atoms with van der Waals surface area (Å²) in [6.45, 7) is 4.49. The Morgan fingerprint density at radius 1 is 0.806 bits per heavy atom. The number of rotatable bonds is 6. The first-order valence-electron chi connectivity index (χ1n) is 10.4. The van der Waals surface area contributed by atoms with E-state index in [9.17, 15) is 14.9 Å². The van der Waals surface area contributed by atoms with Gasteiger partial charge in [0.15, 0.2) is 0 Å². The summed E-state index contributed by atoms with van der Waals surface area (Å²) < 4.78 is 11.0. The molecule has 8 heteroatoms. The SMILES string of the molecule is O=C(/C(=C(/c1cccc([N+](=O)[O-])c1)N1CCOCC1)N1CCOCC1)c1ccccc1. The Kier molecular flexibility index (Phi) is 6.59. The minimum Gasteiger partial charge on any atom is -0.378 e. The molecule has 0 aliphatic carbocycles. The first-order chi connectivity index (χ1) is 15.1. The summed E-state index contributed by atoms with van der Waals surface area (Å²) >= 11 is 0. The van der Waals surface area contributed by atoms with Crippen molar-refractivity contribution < 1.29 is 19.2 Å². The third-order valence-corrected chi connectivity index (χ3v) is 5.46. The maximum Gasteiger partial charge on any atom is 0.270 e. The van der Waals surface area contributed by atoms with Crippen molar-refractivity contribution >= 4 is 17.2 Å². The summed E-state index contributed by atoms with van der Waals surface area (Å²) in [5, 5.41) is 11.4. The number of nitrogens with zero attached hydrogens (tertiary/aromatic N) is 3. The predicted octanol–water partition coefficient (Wildman–Crippen LogP) is 2.81. The van der Waals surface area contributed by atoms with Crippen LogP contribution in [0.1, 0.15) is 15.9 Å². The highest BCUT2D eigenvalue weighted by atomic mass is 16.6. The van der Waals surface area contributed by atoms with Crippen molar-refractivity contribution in [2.75, 3.05) is 52.6 Å². The predicted molar refractivity (Wildman–Crippen MR) is 116 cm³/mol. The van der Waals surface area contributed by atoms with E-state index in [2.05, 4.69) is 4.90 Å². The van der Waals surface area contributed by atoms with E-state index in [1.807, 2.05) is 29.2 Å². The van der Waals surface area contributed by atoms with E-state index in [0.29, 0.717) is 75.1 Å². The highest BCUT2D eigenvalue weighted by Crippen LogP contribution is 2.31. The van der Waals surface area contributed by atoms with Gasteiger partial charge in [-0.25, -0.2) is 0 Å². The third kappa shape index (κ3) is 4.76. The molecule has 8 nitrogen and oxygen atoms in total. The van der Waals surface area contributed by atoms with Crippen molar-refractivity contribution in [3.63, 3.8) is 0 Å². The second-order valence-corrected chi connectivity index (χ2v) is 7.40. The van der Waals surface area contributed by atoms with E-state index in [1.165, 1.54) is 6.07 Å². The number of non-ortho nitro benzene ring substituents is 1. The molecule has 0 amide bonds. The Morgan fingerprint density at radius 2 is 1.39 bits per heavy atom. The standard InChI is InChI=1S/C23H25N3O5/c27-23(18-5-2-1-3-6-18)22(25-11-15-31-16-12-25)21(24-9-13-30-14-10-24)19-7-4-8-20(17-19)26(28)29/h1-8,17H,9-16H2/b22-21+. The fourth-order valence-corrected chi connectivity index (χ4v) is 3.94. The Labute approximate surface area is 180 Å². The number of carbonyl (C=O) groups excluding carboxylic acids is 1.